The van der Waals surface area contributed by atoms with E-state index >= 15 is 0 Å². The molecule has 2 aliphatic rings. The van der Waals surface area contributed by atoms with Gasteiger partial charge in [0.25, 0.3) is 0 Å². The first-order chi connectivity index (χ1) is 13.2. The van der Waals surface area contributed by atoms with Gasteiger partial charge in [0.2, 0.25) is 5.91 Å². The molecule has 6 nitrogen and oxygen atoms in total. The van der Waals surface area contributed by atoms with Gasteiger partial charge in [-0.25, -0.2) is 8.42 Å². The minimum atomic E-state index is -3.01. The standard InChI is InChI=1S/C20H30ClN3O3S/c1-4-24(18-7-12-28(26,27)14-18)20(25)16(3)22-8-10-23(11-9-22)19-13-17(21)6-5-15(19)2/h5-6,13,16,18H,4,7-12,14H2,1-3H3/t16-,18+/m0/s1. The molecule has 0 aromatic heterocycles. The number of nitrogens with zero attached hydrogens (tertiary/aromatic N) is 3. The number of halogens is 1. The second-order valence-electron chi connectivity index (χ2n) is 7.81. The largest absolute Gasteiger partial charge is 0.369 e. The van der Waals surface area contributed by atoms with Crippen LogP contribution in [0.15, 0.2) is 18.2 Å². The highest BCUT2D eigenvalue weighted by Gasteiger charge is 2.37. The summed E-state index contributed by atoms with van der Waals surface area (Å²) in [5.41, 5.74) is 2.35. The fraction of sp³-hybridized carbons (Fsp3) is 0.650. The second kappa shape index (κ2) is 8.59. The van der Waals surface area contributed by atoms with Gasteiger partial charge in [0.1, 0.15) is 0 Å². The SMILES string of the molecule is CCN(C(=O)[C@H](C)N1CCN(c2cc(Cl)ccc2C)CC1)[C@@H]1CCS(=O)(=O)C1. The van der Waals surface area contributed by atoms with Gasteiger partial charge in [0, 0.05) is 49.5 Å². The van der Waals surface area contributed by atoms with E-state index in [2.05, 4.69) is 16.7 Å². The van der Waals surface area contributed by atoms with Crippen molar-refractivity contribution in [1.82, 2.24) is 9.80 Å². The molecular formula is C20H30ClN3O3S. The number of hydrogen-bond acceptors (Lipinski definition) is 5. The Hall–Kier alpha value is -1.31. The van der Waals surface area contributed by atoms with Crippen LogP contribution < -0.4 is 4.90 Å². The molecule has 1 aromatic carbocycles. The summed E-state index contributed by atoms with van der Waals surface area (Å²) in [4.78, 5) is 19.4. The molecule has 1 aromatic rings. The van der Waals surface area contributed by atoms with Crippen LogP contribution in [-0.2, 0) is 14.6 Å². The van der Waals surface area contributed by atoms with Gasteiger partial charge in [0.15, 0.2) is 9.84 Å². The van der Waals surface area contributed by atoms with Crippen LogP contribution >= 0.6 is 11.6 Å². The lowest BCUT2D eigenvalue weighted by Crippen LogP contribution is -2.56. The number of sulfone groups is 1. The summed E-state index contributed by atoms with van der Waals surface area (Å²) in [5.74, 6) is 0.325. The number of hydrogen-bond donors (Lipinski definition) is 0. The van der Waals surface area contributed by atoms with Gasteiger partial charge in [-0.3, -0.25) is 9.69 Å². The van der Waals surface area contributed by atoms with E-state index in [9.17, 15) is 13.2 Å². The number of anilines is 1. The zero-order valence-corrected chi connectivity index (χ0v) is 18.5. The summed E-state index contributed by atoms with van der Waals surface area (Å²) < 4.78 is 23.6. The third kappa shape index (κ3) is 4.63. The van der Waals surface area contributed by atoms with Crippen LogP contribution in [0.1, 0.15) is 25.8 Å². The molecule has 0 saturated carbocycles. The molecule has 3 rings (SSSR count). The summed E-state index contributed by atoms with van der Waals surface area (Å²) in [5, 5.41) is 0.733. The number of aryl methyl sites for hydroxylation is 1. The zero-order valence-electron chi connectivity index (χ0n) is 16.9. The van der Waals surface area contributed by atoms with E-state index in [4.69, 9.17) is 11.6 Å². The minimum Gasteiger partial charge on any atom is -0.369 e. The van der Waals surface area contributed by atoms with E-state index in [1.165, 1.54) is 5.56 Å². The summed E-state index contributed by atoms with van der Waals surface area (Å²) in [6.45, 7) is 9.75. The highest BCUT2D eigenvalue weighted by Crippen LogP contribution is 2.26. The highest BCUT2D eigenvalue weighted by atomic mass is 35.5. The fourth-order valence-corrected chi connectivity index (χ4v) is 6.18. The Morgan fingerprint density at radius 1 is 1.29 bits per heavy atom. The first-order valence-electron chi connectivity index (χ1n) is 9.98. The Bertz CT molecular complexity index is 822. The maximum atomic E-state index is 13.1. The van der Waals surface area contributed by atoms with Gasteiger partial charge in [-0.2, -0.15) is 0 Å². The molecular weight excluding hydrogens is 398 g/mol. The zero-order chi connectivity index (χ0) is 20.5. The number of rotatable bonds is 5. The summed E-state index contributed by atoms with van der Waals surface area (Å²) in [7, 11) is -3.01. The number of amides is 1. The lowest BCUT2D eigenvalue weighted by atomic mass is 10.1. The second-order valence-corrected chi connectivity index (χ2v) is 10.5. The van der Waals surface area contributed by atoms with Crippen molar-refractivity contribution in [2.45, 2.75) is 39.3 Å². The molecule has 0 spiro atoms. The van der Waals surface area contributed by atoms with Crippen molar-refractivity contribution in [1.29, 1.82) is 0 Å². The van der Waals surface area contributed by atoms with E-state index in [0.717, 1.165) is 36.9 Å². The van der Waals surface area contributed by atoms with Gasteiger partial charge >= 0.3 is 0 Å². The number of piperazine rings is 1. The Kier molecular flexibility index (Phi) is 6.57. The molecule has 0 bridgehead atoms. The van der Waals surface area contributed by atoms with Crippen LogP contribution in [0.5, 0.6) is 0 Å². The van der Waals surface area contributed by atoms with Gasteiger partial charge in [-0.1, -0.05) is 17.7 Å². The Labute approximate surface area is 173 Å². The highest BCUT2D eigenvalue weighted by molar-refractivity contribution is 7.91. The molecule has 2 atom stereocenters. The summed E-state index contributed by atoms with van der Waals surface area (Å²) >= 11 is 6.16. The van der Waals surface area contributed by atoms with Gasteiger partial charge in [-0.05, 0) is 44.9 Å². The first-order valence-corrected chi connectivity index (χ1v) is 12.2. The number of carbonyl (C=O) groups is 1. The molecule has 2 aliphatic heterocycles. The van der Waals surface area contributed by atoms with Crippen LogP contribution in [0.2, 0.25) is 5.02 Å². The van der Waals surface area contributed by atoms with E-state index in [1.807, 2.05) is 32.0 Å². The topological polar surface area (TPSA) is 60.9 Å². The predicted molar refractivity (Wildman–Crippen MR) is 114 cm³/mol. The van der Waals surface area contributed by atoms with Crippen molar-refractivity contribution in [2.24, 2.45) is 0 Å². The van der Waals surface area contributed by atoms with Crippen molar-refractivity contribution in [2.75, 3.05) is 49.1 Å². The molecule has 2 heterocycles. The molecule has 0 N–H and O–H groups in total. The van der Waals surface area contributed by atoms with Crippen molar-refractivity contribution >= 4 is 33.0 Å². The summed E-state index contributed by atoms with van der Waals surface area (Å²) in [6, 6.07) is 5.51. The number of likely N-dealkylation sites (N-methyl/N-ethyl adjacent to an activating group) is 1. The Morgan fingerprint density at radius 3 is 2.54 bits per heavy atom. The van der Waals surface area contributed by atoms with Gasteiger partial charge < -0.3 is 9.80 Å². The molecule has 8 heteroatoms. The molecule has 2 fully saturated rings. The van der Waals surface area contributed by atoms with Crippen molar-refractivity contribution in [3.63, 3.8) is 0 Å². The monoisotopic (exact) mass is 427 g/mol. The molecule has 1 amide bonds. The smallest absolute Gasteiger partial charge is 0.239 e. The van der Waals surface area contributed by atoms with E-state index in [0.29, 0.717) is 13.0 Å². The molecule has 0 radical (unpaired) electrons. The first kappa shape index (κ1) is 21.4. The Balaban J connectivity index is 1.61. The fourth-order valence-electron chi connectivity index (χ4n) is 4.28. The quantitative estimate of drug-likeness (QED) is 0.720. The maximum Gasteiger partial charge on any atom is 0.239 e. The van der Waals surface area contributed by atoms with Crippen LogP contribution in [0, 0.1) is 6.92 Å². The third-order valence-electron chi connectivity index (χ3n) is 6.00. The third-order valence-corrected chi connectivity index (χ3v) is 7.99. The maximum absolute atomic E-state index is 13.1. The molecule has 0 unspecified atom stereocenters. The number of carbonyl (C=O) groups excluding carboxylic acids is 1. The normalized spacial score (nSPS) is 23.6. The van der Waals surface area contributed by atoms with Gasteiger partial charge in [0.05, 0.1) is 17.5 Å². The van der Waals surface area contributed by atoms with Crippen LogP contribution in [-0.4, -0.2) is 80.4 Å². The van der Waals surface area contributed by atoms with Crippen LogP contribution in [0.3, 0.4) is 0 Å². The van der Waals surface area contributed by atoms with Crippen LogP contribution in [0.25, 0.3) is 0 Å². The lowest BCUT2D eigenvalue weighted by Gasteiger charge is -2.41. The Morgan fingerprint density at radius 2 is 1.96 bits per heavy atom. The van der Waals surface area contributed by atoms with Crippen LogP contribution in [0.4, 0.5) is 5.69 Å². The molecule has 156 valence electrons. The number of benzene rings is 1. The molecule has 0 aliphatic carbocycles. The molecule has 28 heavy (non-hydrogen) atoms. The van der Waals surface area contributed by atoms with E-state index in [1.54, 1.807) is 4.90 Å². The minimum absolute atomic E-state index is 0.0389. The van der Waals surface area contributed by atoms with E-state index in [-0.39, 0.29) is 29.5 Å². The average molecular weight is 428 g/mol. The predicted octanol–water partition coefficient (Wildman–Crippen LogP) is 2.19. The van der Waals surface area contributed by atoms with Crippen molar-refractivity contribution in [3.8, 4) is 0 Å². The van der Waals surface area contributed by atoms with E-state index < -0.39 is 9.84 Å². The summed E-state index contributed by atoms with van der Waals surface area (Å²) in [6.07, 6.45) is 0.552. The van der Waals surface area contributed by atoms with Gasteiger partial charge in [-0.15, -0.1) is 0 Å². The lowest BCUT2D eigenvalue weighted by molar-refractivity contribution is -0.138. The average Bonchev–Trinajstić information content (AvgIpc) is 3.03. The van der Waals surface area contributed by atoms with Crippen molar-refractivity contribution in [3.05, 3.63) is 28.8 Å². The van der Waals surface area contributed by atoms with Crippen molar-refractivity contribution < 1.29 is 13.2 Å². The molecule has 2 saturated heterocycles.